The maximum absolute atomic E-state index is 11.7. The van der Waals surface area contributed by atoms with Crippen LogP contribution in [0.1, 0.15) is 12.0 Å². The van der Waals surface area contributed by atoms with Crippen LogP contribution in [0.4, 0.5) is 0 Å². The van der Waals surface area contributed by atoms with Gasteiger partial charge in [-0.15, -0.1) is 0 Å². The van der Waals surface area contributed by atoms with Gasteiger partial charge in [0.05, 0.1) is 6.42 Å². The van der Waals surface area contributed by atoms with Gasteiger partial charge < -0.3 is 10.6 Å². The Morgan fingerprint density at radius 3 is 3.12 bits per heavy atom. The number of amides is 1. The van der Waals surface area contributed by atoms with Crippen molar-refractivity contribution in [1.82, 2.24) is 10.6 Å². The normalized spacial score (nSPS) is 19.7. The van der Waals surface area contributed by atoms with Crippen molar-refractivity contribution in [3.63, 3.8) is 0 Å². The third-order valence-electron chi connectivity index (χ3n) is 2.68. The molecule has 4 heteroatoms. The number of nitrogens with one attached hydrogen (secondary N) is 2. The molecule has 2 N–H and O–H groups in total. The van der Waals surface area contributed by atoms with Gasteiger partial charge in [-0.3, -0.25) is 4.79 Å². The molecule has 1 saturated heterocycles. The van der Waals surface area contributed by atoms with Crippen LogP contribution in [0.5, 0.6) is 0 Å². The Morgan fingerprint density at radius 1 is 1.56 bits per heavy atom. The van der Waals surface area contributed by atoms with E-state index in [1.54, 1.807) is 0 Å². The number of carbonyl (C=O) groups is 1. The van der Waals surface area contributed by atoms with Crippen LogP contribution in [0.25, 0.3) is 0 Å². The van der Waals surface area contributed by atoms with Gasteiger partial charge >= 0.3 is 0 Å². The van der Waals surface area contributed by atoms with Crippen molar-refractivity contribution in [3.8, 4) is 0 Å². The zero-order valence-electron chi connectivity index (χ0n) is 9.00. The van der Waals surface area contributed by atoms with Gasteiger partial charge in [0.15, 0.2) is 0 Å². The Balaban J connectivity index is 1.86. The van der Waals surface area contributed by atoms with Crippen LogP contribution in [0.2, 0.25) is 5.02 Å². The summed E-state index contributed by atoms with van der Waals surface area (Å²) in [6.45, 7) is 1.86. The van der Waals surface area contributed by atoms with Crippen LogP contribution in [0, 0.1) is 0 Å². The van der Waals surface area contributed by atoms with Gasteiger partial charge in [0.1, 0.15) is 0 Å². The Bertz CT molecular complexity index is 375. The predicted molar refractivity (Wildman–Crippen MR) is 64.6 cm³/mol. The minimum atomic E-state index is 0.0657. The first kappa shape index (κ1) is 11.4. The van der Waals surface area contributed by atoms with Crippen LogP contribution in [0.15, 0.2) is 24.3 Å². The van der Waals surface area contributed by atoms with Gasteiger partial charge in [0, 0.05) is 17.6 Å². The highest BCUT2D eigenvalue weighted by molar-refractivity contribution is 6.30. The fourth-order valence-electron chi connectivity index (χ4n) is 1.89. The summed E-state index contributed by atoms with van der Waals surface area (Å²) < 4.78 is 0. The van der Waals surface area contributed by atoms with Gasteiger partial charge in [-0.05, 0) is 30.7 Å². The smallest absolute Gasteiger partial charge is 0.224 e. The summed E-state index contributed by atoms with van der Waals surface area (Å²) in [5, 5.41) is 6.89. The quantitative estimate of drug-likeness (QED) is 0.835. The fraction of sp³-hybridized carbons (Fsp3) is 0.417. The molecule has 0 bridgehead atoms. The Hall–Kier alpha value is -1.06. The predicted octanol–water partition coefficient (Wildman–Crippen LogP) is 1.36. The van der Waals surface area contributed by atoms with Crippen LogP contribution < -0.4 is 10.6 Å². The molecule has 0 aliphatic carbocycles. The molecule has 86 valence electrons. The Kier molecular flexibility index (Phi) is 3.80. The lowest BCUT2D eigenvalue weighted by atomic mass is 10.1. The largest absolute Gasteiger partial charge is 0.352 e. The molecular formula is C12H15ClN2O. The summed E-state index contributed by atoms with van der Waals surface area (Å²) in [5.74, 6) is 0.0657. The Labute approximate surface area is 100 Å². The zero-order chi connectivity index (χ0) is 11.4. The molecule has 1 amide bonds. The van der Waals surface area contributed by atoms with Crippen molar-refractivity contribution in [3.05, 3.63) is 34.9 Å². The second-order valence-electron chi connectivity index (χ2n) is 4.06. The number of benzene rings is 1. The van der Waals surface area contributed by atoms with Crippen LogP contribution >= 0.6 is 11.6 Å². The molecule has 0 aromatic heterocycles. The van der Waals surface area contributed by atoms with Crippen molar-refractivity contribution in [2.45, 2.75) is 18.9 Å². The van der Waals surface area contributed by atoms with E-state index < -0.39 is 0 Å². The first-order valence-electron chi connectivity index (χ1n) is 5.48. The summed E-state index contributed by atoms with van der Waals surface area (Å²) in [6.07, 6.45) is 1.42. The van der Waals surface area contributed by atoms with Gasteiger partial charge in [-0.25, -0.2) is 0 Å². The number of rotatable bonds is 3. The maximum atomic E-state index is 11.7. The molecule has 1 aromatic rings. The van der Waals surface area contributed by atoms with E-state index in [2.05, 4.69) is 10.6 Å². The highest BCUT2D eigenvalue weighted by Gasteiger charge is 2.16. The molecule has 1 heterocycles. The molecule has 3 nitrogen and oxygen atoms in total. The van der Waals surface area contributed by atoms with E-state index in [1.807, 2.05) is 24.3 Å². The SMILES string of the molecule is O=C(Cc1cccc(Cl)c1)N[C@H]1CCNC1. The van der Waals surface area contributed by atoms with Gasteiger partial charge in [0.2, 0.25) is 5.91 Å². The van der Waals surface area contributed by atoms with E-state index in [9.17, 15) is 4.79 Å². The van der Waals surface area contributed by atoms with E-state index in [0.29, 0.717) is 11.4 Å². The number of halogens is 1. The minimum Gasteiger partial charge on any atom is -0.352 e. The average molecular weight is 239 g/mol. The van der Waals surface area contributed by atoms with E-state index in [-0.39, 0.29) is 11.9 Å². The molecule has 1 aliphatic heterocycles. The highest BCUT2D eigenvalue weighted by Crippen LogP contribution is 2.11. The summed E-state index contributed by atoms with van der Waals surface area (Å²) >= 11 is 5.86. The standard InChI is InChI=1S/C12H15ClN2O/c13-10-3-1-2-9(6-10)7-12(16)15-11-4-5-14-8-11/h1-3,6,11,14H,4-5,7-8H2,(H,15,16)/t11-/m0/s1. The average Bonchev–Trinajstić information content (AvgIpc) is 2.70. The first-order valence-corrected chi connectivity index (χ1v) is 5.86. The first-order chi connectivity index (χ1) is 7.74. The fourth-order valence-corrected chi connectivity index (χ4v) is 2.10. The van der Waals surface area contributed by atoms with Crippen molar-refractivity contribution in [1.29, 1.82) is 0 Å². The lowest BCUT2D eigenvalue weighted by molar-refractivity contribution is -0.121. The van der Waals surface area contributed by atoms with Gasteiger partial charge in [-0.2, -0.15) is 0 Å². The van der Waals surface area contributed by atoms with E-state index in [0.717, 1.165) is 25.1 Å². The topological polar surface area (TPSA) is 41.1 Å². The lowest BCUT2D eigenvalue weighted by Gasteiger charge is -2.11. The molecule has 1 fully saturated rings. The third-order valence-corrected chi connectivity index (χ3v) is 2.91. The summed E-state index contributed by atoms with van der Waals surface area (Å²) in [4.78, 5) is 11.7. The molecule has 2 rings (SSSR count). The molecule has 0 spiro atoms. The van der Waals surface area contributed by atoms with Crippen LogP contribution in [-0.4, -0.2) is 25.0 Å². The zero-order valence-corrected chi connectivity index (χ0v) is 9.76. The van der Waals surface area contributed by atoms with Crippen molar-refractivity contribution in [2.75, 3.05) is 13.1 Å². The molecule has 0 saturated carbocycles. The number of hydrogen-bond acceptors (Lipinski definition) is 2. The minimum absolute atomic E-state index is 0.0657. The summed E-state index contributed by atoms with van der Waals surface area (Å²) in [5.41, 5.74) is 0.955. The Morgan fingerprint density at radius 2 is 2.44 bits per heavy atom. The molecule has 1 aromatic carbocycles. The molecule has 0 unspecified atom stereocenters. The molecule has 1 atom stereocenters. The van der Waals surface area contributed by atoms with Crippen LogP contribution in [-0.2, 0) is 11.2 Å². The molecule has 0 radical (unpaired) electrons. The molecule has 16 heavy (non-hydrogen) atoms. The van der Waals surface area contributed by atoms with Gasteiger partial charge in [0.25, 0.3) is 0 Å². The van der Waals surface area contributed by atoms with E-state index >= 15 is 0 Å². The second-order valence-corrected chi connectivity index (χ2v) is 4.50. The van der Waals surface area contributed by atoms with E-state index in [1.165, 1.54) is 0 Å². The highest BCUT2D eigenvalue weighted by atomic mass is 35.5. The molecule has 1 aliphatic rings. The number of hydrogen-bond donors (Lipinski definition) is 2. The monoisotopic (exact) mass is 238 g/mol. The molecular weight excluding hydrogens is 224 g/mol. The van der Waals surface area contributed by atoms with Gasteiger partial charge in [-0.1, -0.05) is 23.7 Å². The van der Waals surface area contributed by atoms with Crippen molar-refractivity contribution < 1.29 is 4.79 Å². The lowest BCUT2D eigenvalue weighted by Crippen LogP contribution is -2.37. The second kappa shape index (κ2) is 5.32. The van der Waals surface area contributed by atoms with Crippen LogP contribution in [0.3, 0.4) is 0 Å². The van der Waals surface area contributed by atoms with Crippen molar-refractivity contribution >= 4 is 17.5 Å². The summed E-state index contributed by atoms with van der Waals surface area (Å²) in [6, 6.07) is 7.70. The van der Waals surface area contributed by atoms with E-state index in [4.69, 9.17) is 11.6 Å². The summed E-state index contributed by atoms with van der Waals surface area (Å²) in [7, 11) is 0. The van der Waals surface area contributed by atoms with Crippen molar-refractivity contribution in [2.24, 2.45) is 0 Å². The third kappa shape index (κ3) is 3.22. The maximum Gasteiger partial charge on any atom is 0.224 e. The number of carbonyl (C=O) groups excluding carboxylic acids is 1.